The molecule has 1 aliphatic rings. The van der Waals surface area contributed by atoms with Gasteiger partial charge in [0.15, 0.2) is 0 Å². The number of aryl methyl sites for hydroxylation is 1. The number of hydrogen-bond donors (Lipinski definition) is 2. The van der Waals surface area contributed by atoms with Crippen LogP contribution in [0.2, 0.25) is 5.02 Å². The minimum absolute atomic E-state index is 0.00466. The molecule has 0 saturated heterocycles. The quantitative estimate of drug-likeness (QED) is 0.777. The van der Waals surface area contributed by atoms with Crippen molar-refractivity contribution in [3.8, 4) is 0 Å². The molecule has 0 spiro atoms. The summed E-state index contributed by atoms with van der Waals surface area (Å²) in [5, 5.41) is 4.77. The first-order chi connectivity index (χ1) is 12.2. The van der Waals surface area contributed by atoms with E-state index in [1.165, 1.54) is 12.1 Å². The van der Waals surface area contributed by atoms with Gasteiger partial charge in [-0.25, -0.2) is 0 Å². The van der Waals surface area contributed by atoms with Crippen molar-refractivity contribution in [3.63, 3.8) is 0 Å². The number of halogens is 4. The van der Waals surface area contributed by atoms with Gasteiger partial charge in [-0.05, 0) is 54.8 Å². The van der Waals surface area contributed by atoms with Crippen molar-refractivity contribution < 1.29 is 22.8 Å². The predicted octanol–water partition coefficient (Wildman–Crippen LogP) is 4.89. The van der Waals surface area contributed by atoms with E-state index in [-0.39, 0.29) is 11.6 Å². The number of hydrogen-bond acceptors (Lipinski definition) is 2. The van der Waals surface area contributed by atoms with Crippen molar-refractivity contribution in [2.75, 3.05) is 10.6 Å². The van der Waals surface area contributed by atoms with Crippen molar-refractivity contribution in [3.05, 3.63) is 58.1 Å². The molecule has 3 rings (SSSR count). The van der Waals surface area contributed by atoms with Crippen molar-refractivity contribution >= 4 is 34.8 Å². The highest BCUT2D eigenvalue weighted by atomic mass is 35.5. The van der Waals surface area contributed by atoms with Crippen molar-refractivity contribution in [2.45, 2.75) is 25.4 Å². The van der Waals surface area contributed by atoms with Crippen LogP contribution in [0.25, 0.3) is 0 Å². The van der Waals surface area contributed by atoms with Crippen LogP contribution in [0.15, 0.2) is 36.4 Å². The maximum absolute atomic E-state index is 12.9. The molecule has 1 aliphatic heterocycles. The van der Waals surface area contributed by atoms with E-state index in [0.29, 0.717) is 30.5 Å². The second-order valence-corrected chi connectivity index (χ2v) is 6.33. The van der Waals surface area contributed by atoms with Crippen LogP contribution in [-0.4, -0.2) is 11.8 Å². The fraction of sp³-hybridized carbons (Fsp3) is 0.222. The number of nitrogens with one attached hydrogen (secondary N) is 2. The second-order valence-electron chi connectivity index (χ2n) is 5.92. The molecule has 4 nitrogen and oxygen atoms in total. The van der Waals surface area contributed by atoms with Gasteiger partial charge >= 0.3 is 6.18 Å². The topological polar surface area (TPSA) is 58.2 Å². The zero-order chi connectivity index (χ0) is 18.9. The lowest BCUT2D eigenvalue weighted by atomic mass is 10.0. The number of fused-ring (bicyclic) bond motifs is 1. The Hall–Kier alpha value is -2.54. The Kier molecular flexibility index (Phi) is 4.91. The lowest BCUT2D eigenvalue weighted by Crippen LogP contribution is -2.14. The number of amides is 2. The summed E-state index contributed by atoms with van der Waals surface area (Å²) in [5.74, 6) is -0.624. The molecule has 0 aromatic heterocycles. The molecule has 0 bridgehead atoms. The van der Waals surface area contributed by atoms with Crippen molar-refractivity contribution in [1.82, 2.24) is 0 Å². The van der Waals surface area contributed by atoms with E-state index in [4.69, 9.17) is 11.6 Å². The van der Waals surface area contributed by atoms with Crippen LogP contribution in [0.1, 0.15) is 34.3 Å². The fourth-order valence-corrected chi connectivity index (χ4v) is 2.96. The molecule has 0 radical (unpaired) electrons. The third-order valence-electron chi connectivity index (χ3n) is 4.02. The first kappa shape index (κ1) is 18.3. The Labute approximate surface area is 152 Å². The maximum atomic E-state index is 12.9. The van der Waals surface area contributed by atoms with Crippen LogP contribution < -0.4 is 10.6 Å². The molecule has 26 heavy (non-hydrogen) atoms. The largest absolute Gasteiger partial charge is 0.417 e. The van der Waals surface area contributed by atoms with E-state index in [0.717, 1.165) is 17.7 Å². The molecule has 2 amide bonds. The zero-order valence-electron chi connectivity index (χ0n) is 13.4. The number of carbonyl (C=O) groups excluding carboxylic acids is 2. The van der Waals surface area contributed by atoms with Gasteiger partial charge in [-0.15, -0.1) is 0 Å². The van der Waals surface area contributed by atoms with Gasteiger partial charge in [0.2, 0.25) is 5.91 Å². The van der Waals surface area contributed by atoms with Gasteiger partial charge in [0.25, 0.3) is 5.91 Å². The van der Waals surface area contributed by atoms with Crippen molar-refractivity contribution in [1.29, 1.82) is 0 Å². The summed E-state index contributed by atoms with van der Waals surface area (Å²) >= 11 is 5.57. The lowest BCUT2D eigenvalue weighted by Gasteiger charge is -2.13. The maximum Gasteiger partial charge on any atom is 0.417 e. The average molecular weight is 383 g/mol. The summed E-state index contributed by atoms with van der Waals surface area (Å²) in [4.78, 5) is 23.9. The predicted molar refractivity (Wildman–Crippen MR) is 92.4 cm³/mol. The number of anilines is 2. The Morgan fingerprint density at radius 1 is 1.12 bits per heavy atom. The lowest BCUT2D eigenvalue weighted by molar-refractivity contribution is -0.137. The second kappa shape index (κ2) is 6.99. The van der Waals surface area contributed by atoms with E-state index in [9.17, 15) is 22.8 Å². The highest BCUT2D eigenvalue weighted by Gasteiger charge is 2.33. The molecule has 0 unspecified atom stereocenters. The smallest absolute Gasteiger partial charge is 0.326 e. The minimum Gasteiger partial charge on any atom is -0.326 e. The van der Waals surface area contributed by atoms with Crippen LogP contribution in [0.3, 0.4) is 0 Å². The number of benzene rings is 2. The average Bonchev–Trinajstić information content (AvgIpc) is 2.75. The van der Waals surface area contributed by atoms with Gasteiger partial charge < -0.3 is 10.6 Å². The molecule has 2 N–H and O–H groups in total. The van der Waals surface area contributed by atoms with Crippen LogP contribution in [0.4, 0.5) is 24.5 Å². The molecular weight excluding hydrogens is 369 g/mol. The van der Waals surface area contributed by atoms with Gasteiger partial charge in [0, 0.05) is 23.4 Å². The van der Waals surface area contributed by atoms with Crippen LogP contribution in [-0.2, 0) is 17.4 Å². The summed E-state index contributed by atoms with van der Waals surface area (Å²) in [7, 11) is 0. The van der Waals surface area contributed by atoms with E-state index in [1.807, 2.05) is 0 Å². The van der Waals surface area contributed by atoms with E-state index < -0.39 is 22.7 Å². The molecule has 1 heterocycles. The molecule has 0 atom stereocenters. The molecule has 0 aliphatic carbocycles. The molecule has 0 saturated carbocycles. The standard InChI is InChI=1S/C18H14ClF3N2O2/c19-14-6-5-12(9-13(14)18(20,21)22)23-17(26)11-4-7-15-10(8-11)2-1-3-16(25)24-15/h4-9H,1-3H2,(H,23,26)(H,24,25). The van der Waals surface area contributed by atoms with Gasteiger partial charge in [0.1, 0.15) is 0 Å². The molecule has 2 aromatic rings. The Balaban J connectivity index is 1.83. The highest BCUT2D eigenvalue weighted by Crippen LogP contribution is 2.36. The van der Waals surface area contributed by atoms with Crippen LogP contribution in [0.5, 0.6) is 0 Å². The van der Waals surface area contributed by atoms with Crippen LogP contribution in [0, 0.1) is 0 Å². The summed E-state index contributed by atoms with van der Waals surface area (Å²) in [6, 6.07) is 7.96. The zero-order valence-corrected chi connectivity index (χ0v) is 14.2. The molecular formula is C18H14ClF3N2O2. The molecule has 2 aromatic carbocycles. The van der Waals surface area contributed by atoms with E-state index in [2.05, 4.69) is 10.6 Å². The monoisotopic (exact) mass is 382 g/mol. The summed E-state index contributed by atoms with van der Waals surface area (Å²) in [6.45, 7) is 0. The van der Waals surface area contributed by atoms with Crippen molar-refractivity contribution in [2.24, 2.45) is 0 Å². The van der Waals surface area contributed by atoms with Gasteiger partial charge in [-0.3, -0.25) is 9.59 Å². The van der Waals surface area contributed by atoms with E-state index >= 15 is 0 Å². The SMILES string of the molecule is O=C1CCCc2cc(C(=O)Nc3ccc(Cl)c(C(F)(F)F)c3)ccc2N1. The first-order valence-corrected chi connectivity index (χ1v) is 8.23. The highest BCUT2D eigenvalue weighted by molar-refractivity contribution is 6.31. The van der Waals surface area contributed by atoms with E-state index in [1.54, 1.807) is 12.1 Å². The van der Waals surface area contributed by atoms with Crippen LogP contribution >= 0.6 is 11.6 Å². The minimum atomic E-state index is -4.61. The Morgan fingerprint density at radius 3 is 2.62 bits per heavy atom. The van der Waals surface area contributed by atoms with Gasteiger partial charge in [-0.1, -0.05) is 11.6 Å². The third kappa shape index (κ3) is 3.99. The molecule has 0 fully saturated rings. The fourth-order valence-electron chi connectivity index (χ4n) is 2.74. The molecule has 136 valence electrons. The van der Waals surface area contributed by atoms with Gasteiger partial charge in [0.05, 0.1) is 10.6 Å². The summed E-state index contributed by atoms with van der Waals surface area (Å²) in [6.07, 6.45) is -2.91. The number of alkyl halides is 3. The molecule has 8 heteroatoms. The first-order valence-electron chi connectivity index (χ1n) is 7.85. The normalized spacial score (nSPS) is 14.2. The summed E-state index contributed by atoms with van der Waals surface area (Å²) in [5.41, 5.74) is 0.741. The number of rotatable bonds is 2. The Morgan fingerprint density at radius 2 is 1.88 bits per heavy atom. The Bertz CT molecular complexity index is 881. The van der Waals surface area contributed by atoms with Gasteiger partial charge in [-0.2, -0.15) is 13.2 Å². The summed E-state index contributed by atoms with van der Waals surface area (Å²) < 4.78 is 38.7. The number of carbonyl (C=O) groups is 2. The third-order valence-corrected chi connectivity index (χ3v) is 4.35.